The van der Waals surface area contributed by atoms with E-state index in [0.29, 0.717) is 22.3 Å². The third kappa shape index (κ3) is 4.75. The van der Waals surface area contributed by atoms with Crippen LogP contribution in [0.1, 0.15) is 43.0 Å². The number of phenols is 2. The number of aromatic hydroxyl groups is 2. The summed E-state index contributed by atoms with van der Waals surface area (Å²) in [5.41, 5.74) is 3.61. The standard InChI is InChI=1S/C28H18O4/c29-25-15-11-23(12-16-25)27(31)21-7-3-19(4-8-21)1-2-20-5-9-22(10-6-20)28(32)24-13-17-26(30)18-14-24/h3-18,29-30H. The fourth-order valence-corrected chi connectivity index (χ4v) is 3.11. The minimum absolute atomic E-state index is 0.116. The Labute approximate surface area is 185 Å². The molecule has 4 rings (SSSR count). The molecule has 0 saturated carbocycles. The van der Waals surface area contributed by atoms with Crippen LogP contribution in [0.4, 0.5) is 0 Å². The second-order valence-corrected chi connectivity index (χ2v) is 7.16. The molecule has 32 heavy (non-hydrogen) atoms. The van der Waals surface area contributed by atoms with Gasteiger partial charge in [0.1, 0.15) is 11.5 Å². The van der Waals surface area contributed by atoms with Crippen molar-refractivity contribution in [3.05, 3.63) is 130 Å². The van der Waals surface area contributed by atoms with Gasteiger partial charge in [-0.3, -0.25) is 9.59 Å². The molecule has 0 saturated heterocycles. The highest BCUT2D eigenvalue weighted by Crippen LogP contribution is 2.16. The number of ketones is 2. The molecule has 0 unspecified atom stereocenters. The van der Waals surface area contributed by atoms with E-state index in [-0.39, 0.29) is 23.1 Å². The number of rotatable bonds is 4. The lowest BCUT2D eigenvalue weighted by molar-refractivity contribution is 0.103. The van der Waals surface area contributed by atoms with Crippen molar-refractivity contribution in [1.29, 1.82) is 0 Å². The van der Waals surface area contributed by atoms with Crippen LogP contribution in [0.3, 0.4) is 0 Å². The molecule has 0 spiro atoms. The van der Waals surface area contributed by atoms with Gasteiger partial charge in [-0.2, -0.15) is 0 Å². The Morgan fingerprint density at radius 3 is 0.969 bits per heavy atom. The van der Waals surface area contributed by atoms with Crippen LogP contribution in [0.5, 0.6) is 11.5 Å². The summed E-state index contributed by atoms with van der Waals surface area (Å²) >= 11 is 0. The van der Waals surface area contributed by atoms with Gasteiger partial charge in [0.2, 0.25) is 0 Å². The molecule has 4 aromatic carbocycles. The second kappa shape index (κ2) is 9.03. The molecule has 0 aliphatic rings. The van der Waals surface area contributed by atoms with Crippen molar-refractivity contribution in [2.24, 2.45) is 0 Å². The third-order valence-corrected chi connectivity index (χ3v) is 4.90. The van der Waals surface area contributed by atoms with Crippen molar-refractivity contribution in [2.45, 2.75) is 0 Å². The molecule has 0 amide bonds. The summed E-state index contributed by atoms with van der Waals surface area (Å²) in [5, 5.41) is 18.7. The van der Waals surface area contributed by atoms with Gasteiger partial charge in [0.15, 0.2) is 11.6 Å². The van der Waals surface area contributed by atoms with Crippen LogP contribution in [-0.2, 0) is 0 Å². The first-order valence-electron chi connectivity index (χ1n) is 9.89. The molecule has 154 valence electrons. The minimum atomic E-state index is -0.126. The molecule has 0 atom stereocenters. The van der Waals surface area contributed by atoms with Crippen molar-refractivity contribution in [3.8, 4) is 23.3 Å². The molecule has 0 aliphatic heterocycles. The Morgan fingerprint density at radius 1 is 0.438 bits per heavy atom. The van der Waals surface area contributed by atoms with E-state index in [1.165, 1.54) is 24.3 Å². The highest BCUT2D eigenvalue weighted by molar-refractivity contribution is 6.09. The summed E-state index contributed by atoms with van der Waals surface area (Å²) in [5.74, 6) is 6.09. The first-order chi connectivity index (χ1) is 15.5. The normalized spacial score (nSPS) is 10.1. The minimum Gasteiger partial charge on any atom is -0.508 e. The van der Waals surface area contributed by atoms with Crippen LogP contribution in [0.2, 0.25) is 0 Å². The first-order valence-corrected chi connectivity index (χ1v) is 9.89. The number of phenolic OH excluding ortho intramolecular Hbond substituents is 2. The lowest BCUT2D eigenvalue weighted by Crippen LogP contribution is -2.00. The Balaban J connectivity index is 1.45. The second-order valence-electron chi connectivity index (χ2n) is 7.16. The van der Waals surface area contributed by atoms with Gasteiger partial charge >= 0.3 is 0 Å². The topological polar surface area (TPSA) is 74.6 Å². The maximum Gasteiger partial charge on any atom is 0.193 e. The van der Waals surface area contributed by atoms with Crippen molar-refractivity contribution >= 4 is 11.6 Å². The zero-order chi connectivity index (χ0) is 22.5. The average molecular weight is 418 g/mol. The van der Waals surface area contributed by atoms with E-state index in [1.54, 1.807) is 72.8 Å². The van der Waals surface area contributed by atoms with Gasteiger partial charge in [-0.05, 0) is 97.1 Å². The predicted molar refractivity (Wildman–Crippen MR) is 122 cm³/mol. The van der Waals surface area contributed by atoms with Gasteiger partial charge in [0.25, 0.3) is 0 Å². The van der Waals surface area contributed by atoms with Gasteiger partial charge in [-0.1, -0.05) is 11.8 Å². The largest absolute Gasteiger partial charge is 0.508 e. The molecule has 0 heterocycles. The molecule has 0 aliphatic carbocycles. The van der Waals surface area contributed by atoms with Gasteiger partial charge < -0.3 is 10.2 Å². The fraction of sp³-hybridized carbons (Fsp3) is 0. The van der Waals surface area contributed by atoms with E-state index in [0.717, 1.165) is 11.1 Å². The van der Waals surface area contributed by atoms with Crippen molar-refractivity contribution in [3.63, 3.8) is 0 Å². The molecule has 4 aromatic rings. The van der Waals surface area contributed by atoms with Crippen LogP contribution in [-0.4, -0.2) is 21.8 Å². The number of hydrogen-bond acceptors (Lipinski definition) is 4. The molecule has 0 fully saturated rings. The van der Waals surface area contributed by atoms with Crippen LogP contribution in [0, 0.1) is 11.8 Å². The Kier molecular flexibility index (Phi) is 5.83. The molecule has 4 heteroatoms. The summed E-state index contributed by atoms with van der Waals surface area (Å²) in [4.78, 5) is 25.0. The van der Waals surface area contributed by atoms with Crippen LogP contribution in [0.15, 0.2) is 97.1 Å². The van der Waals surface area contributed by atoms with Crippen molar-refractivity contribution < 1.29 is 19.8 Å². The van der Waals surface area contributed by atoms with Gasteiger partial charge in [-0.15, -0.1) is 0 Å². The molecular weight excluding hydrogens is 400 g/mol. The lowest BCUT2D eigenvalue weighted by Gasteiger charge is -2.02. The summed E-state index contributed by atoms with van der Waals surface area (Å²) < 4.78 is 0. The quantitative estimate of drug-likeness (QED) is 0.363. The zero-order valence-corrected chi connectivity index (χ0v) is 16.9. The predicted octanol–water partition coefficient (Wildman–Crippen LogP) is 4.96. The van der Waals surface area contributed by atoms with Crippen molar-refractivity contribution in [1.82, 2.24) is 0 Å². The maximum absolute atomic E-state index is 12.5. The molecular formula is C28H18O4. The van der Waals surface area contributed by atoms with E-state index in [2.05, 4.69) is 11.8 Å². The Bertz CT molecular complexity index is 1220. The summed E-state index contributed by atoms with van der Waals surface area (Å²) in [6.07, 6.45) is 0. The summed E-state index contributed by atoms with van der Waals surface area (Å²) in [7, 11) is 0. The Hall–Kier alpha value is -4.62. The highest BCUT2D eigenvalue weighted by atomic mass is 16.3. The van der Waals surface area contributed by atoms with Crippen LogP contribution < -0.4 is 0 Å². The Morgan fingerprint density at radius 2 is 0.688 bits per heavy atom. The number of carbonyl (C=O) groups is 2. The molecule has 4 nitrogen and oxygen atoms in total. The smallest absolute Gasteiger partial charge is 0.193 e. The van der Waals surface area contributed by atoms with E-state index in [1.807, 2.05) is 0 Å². The zero-order valence-electron chi connectivity index (χ0n) is 16.9. The van der Waals surface area contributed by atoms with Gasteiger partial charge in [0.05, 0.1) is 0 Å². The highest BCUT2D eigenvalue weighted by Gasteiger charge is 2.09. The van der Waals surface area contributed by atoms with E-state index in [9.17, 15) is 19.8 Å². The van der Waals surface area contributed by atoms with Gasteiger partial charge in [-0.25, -0.2) is 0 Å². The fourth-order valence-electron chi connectivity index (χ4n) is 3.11. The number of hydrogen-bond donors (Lipinski definition) is 2. The number of benzene rings is 4. The maximum atomic E-state index is 12.5. The van der Waals surface area contributed by atoms with Crippen LogP contribution >= 0.6 is 0 Å². The third-order valence-electron chi connectivity index (χ3n) is 4.90. The molecule has 0 aromatic heterocycles. The molecule has 2 N–H and O–H groups in total. The molecule has 0 bridgehead atoms. The van der Waals surface area contributed by atoms with E-state index in [4.69, 9.17) is 0 Å². The van der Waals surface area contributed by atoms with E-state index >= 15 is 0 Å². The summed E-state index contributed by atoms with van der Waals surface area (Å²) in [6.45, 7) is 0. The lowest BCUT2D eigenvalue weighted by atomic mass is 10.0. The first kappa shape index (κ1) is 20.6. The molecule has 0 radical (unpaired) electrons. The SMILES string of the molecule is O=C(c1ccc(O)cc1)c1ccc(C#Cc2ccc(C(=O)c3ccc(O)cc3)cc2)cc1. The van der Waals surface area contributed by atoms with Crippen LogP contribution in [0.25, 0.3) is 0 Å². The average Bonchev–Trinajstić information content (AvgIpc) is 2.83. The number of carbonyl (C=O) groups excluding carboxylic acids is 2. The summed E-state index contributed by atoms with van der Waals surface area (Å²) in [6, 6.07) is 26.3. The van der Waals surface area contributed by atoms with E-state index < -0.39 is 0 Å². The monoisotopic (exact) mass is 418 g/mol. The van der Waals surface area contributed by atoms with Crippen molar-refractivity contribution in [2.75, 3.05) is 0 Å². The van der Waals surface area contributed by atoms with Gasteiger partial charge in [0, 0.05) is 33.4 Å².